The van der Waals surface area contributed by atoms with E-state index in [1.54, 1.807) is 0 Å². The van der Waals surface area contributed by atoms with E-state index in [0.29, 0.717) is 6.42 Å². The van der Waals surface area contributed by atoms with Crippen LogP contribution in [0.5, 0.6) is 0 Å². The van der Waals surface area contributed by atoms with E-state index in [0.717, 1.165) is 38.0 Å². The predicted molar refractivity (Wildman–Crippen MR) is 69.1 cm³/mol. The second-order valence-electron chi connectivity index (χ2n) is 4.60. The first kappa shape index (κ1) is 15.0. The Hall–Kier alpha value is -1.38. The van der Waals surface area contributed by atoms with Crippen molar-refractivity contribution in [2.24, 2.45) is 0 Å². The van der Waals surface area contributed by atoms with Gasteiger partial charge in [-0.05, 0) is 37.8 Å². The van der Waals surface area contributed by atoms with Crippen LogP contribution in [0.15, 0.2) is 21.6 Å². The number of furan rings is 1. The number of hydrogen-bond donors (Lipinski definition) is 2. The minimum Gasteiger partial charge on any atom is -0.475 e. The standard InChI is InChI=1S/C12H17NO6S/c14-12(15)10-4-5-11(19-10)20(16,17)13-7-6-9-3-1-2-8-18-9/h4-5,9,13H,1-3,6-8H2,(H,14,15). The molecule has 0 saturated carbocycles. The molecule has 2 N–H and O–H groups in total. The molecule has 0 aromatic carbocycles. The SMILES string of the molecule is O=C(O)c1ccc(S(=O)(=O)NCCC2CCCCO2)o1. The van der Waals surface area contributed by atoms with Gasteiger partial charge in [0.1, 0.15) is 0 Å². The van der Waals surface area contributed by atoms with Crippen LogP contribution in [0.3, 0.4) is 0 Å². The Morgan fingerprint density at radius 2 is 2.20 bits per heavy atom. The van der Waals surface area contributed by atoms with E-state index in [-0.39, 0.29) is 17.7 Å². The highest BCUT2D eigenvalue weighted by molar-refractivity contribution is 7.89. The molecule has 0 spiro atoms. The highest BCUT2D eigenvalue weighted by atomic mass is 32.2. The van der Waals surface area contributed by atoms with Crippen molar-refractivity contribution in [2.75, 3.05) is 13.2 Å². The van der Waals surface area contributed by atoms with Crippen LogP contribution in [-0.4, -0.2) is 38.7 Å². The third-order valence-electron chi connectivity index (χ3n) is 3.09. The van der Waals surface area contributed by atoms with E-state index in [1.807, 2.05) is 0 Å². The van der Waals surface area contributed by atoms with Crippen molar-refractivity contribution in [1.29, 1.82) is 0 Å². The maximum absolute atomic E-state index is 11.9. The van der Waals surface area contributed by atoms with Crippen LogP contribution in [0, 0.1) is 0 Å². The molecule has 0 amide bonds. The van der Waals surface area contributed by atoms with E-state index in [2.05, 4.69) is 4.72 Å². The Balaban J connectivity index is 1.88. The summed E-state index contributed by atoms with van der Waals surface area (Å²) in [4.78, 5) is 10.6. The van der Waals surface area contributed by atoms with Crippen LogP contribution in [0.1, 0.15) is 36.2 Å². The van der Waals surface area contributed by atoms with Crippen molar-refractivity contribution in [1.82, 2.24) is 4.72 Å². The van der Waals surface area contributed by atoms with E-state index in [4.69, 9.17) is 14.3 Å². The van der Waals surface area contributed by atoms with Crippen molar-refractivity contribution < 1.29 is 27.5 Å². The Kier molecular flexibility index (Phi) is 4.79. The van der Waals surface area contributed by atoms with Crippen molar-refractivity contribution in [2.45, 2.75) is 36.9 Å². The largest absolute Gasteiger partial charge is 0.475 e. The fraction of sp³-hybridized carbons (Fsp3) is 0.583. The number of carboxylic acid groups (broad SMARTS) is 1. The molecule has 0 radical (unpaired) electrons. The summed E-state index contributed by atoms with van der Waals surface area (Å²) in [5.74, 6) is -1.71. The monoisotopic (exact) mass is 303 g/mol. The number of carbonyl (C=O) groups is 1. The van der Waals surface area contributed by atoms with E-state index < -0.39 is 21.8 Å². The maximum atomic E-state index is 11.9. The van der Waals surface area contributed by atoms with E-state index in [1.165, 1.54) is 0 Å². The predicted octanol–water partition coefficient (Wildman–Crippen LogP) is 1.22. The molecule has 0 bridgehead atoms. The molecule has 1 atom stereocenters. The minimum absolute atomic E-state index is 0.0811. The molecule has 20 heavy (non-hydrogen) atoms. The lowest BCUT2D eigenvalue weighted by atomic mass is 10.1. The fourth-order valence-corrected chi connectivity index (χ4v) is 3.02. The van der Waals surface area contributed by atoms with Gasteiger partial charge in [0.2, 0.25) is 10.9 Å². The highest BCUT2D eigenvalue weighted by Gasteiger charge is 2.21. The molecule has 0 aliphatic carbocycles. The lowest BCUT2D eigenvalue weighted by Crippen LogP contribution is -2.29. The Labute approximate surface area is 117 Å². The first-order chi connectivity index (χ1) is 9.49. The average Bonchev–Trinajstić information content (AvgIpc) is 2.90. The van der Waals surface area contributed by atoms with Crippen LogP contribution in [0.2, 0.25) is 0 Å². The van der Waals surface area contributed by atoms with Crippen molar-refractivity contribution >= 4 is 16.0 Å². The molecule has 1 saturated heterocycles. The molecule has 1 aromatic heterocycles. The Morgan fingerprint density at radius 3 is 2.80 bits per heavy atom. The topological polar surface area (TPSA) is 106 Å². The zero-order valence-corrected chi connectivity index (χ0v) is 11.7. The molecule has 1 fully saturated rings. The number of ether oxygens (including phenoxy) is 1. The van der Waals surface area contributed by atoms with Gasteiger partial charge in [-0.25, -0.2) is 17.9 Å². The zero-order chi connectivity index (χ0) is 14.6. The van der Waals surface area contributed by atoms with Crippen LogP contribution >= 0.6 is 0 Å². The average molecular weight is 303 g/mol. The van der Waals surface area contributed by atoms with E-state index >= 15 is 0 Å². The molecule has 1 aromatic rings. The quantitative estimate of drug-likeness (QED) is 0.818. The van der Waals surface area contributed by atoms with Crippen molar-refractivity contribution in [3.63, 3.8) is 0 Å². The summed E-state index contributed by atoms with van der Waals surface area (Å²) in [6.07, 6.45) is 3.75. The third-order valence-corrected chi connectivity index (χ3v) is 4.42. The third kappa shape index (κ3) is 3.81. The summed E-state index contributed by atoms with van der Waals surface area (Å²) < 4.78 is 36.4. The molecule has 1 aliphatic rings. The first-order valence-corrected chi connectivity index (χ1v) is 7.92. The molecule has 112 valence electrons. The number of nitrogens with one attached hydrogen (secondary N) is 1. The molecule has 7 nitrogen and oxygen atoms in total. The van der Waals surface area contributed by atoms with Gasteiger partial charge in [-0.2, -0.15) is 0 Å². The number of hydrogen-bond acceptors (Lipinski definition) is 5. The van der Waals surface area contributed by atoms with Gasteiger partial charge >= 0.3 is 5.97 Å². The molecule has 2 heterocycles. The lowest BCUT2D eigenvalue weighted by Gasteiger charge is -2.22. The maximum Gasteiger partial charge on any atom is 0.371 e. The highest BCUT2D eigenvalue weighted by Crippen LogP contribution is 2.16. The summed E-state index contributed by atoms with van der Waals surface area (Å²) in [5, 5.41) is 8.30. The van der Waals surface area contributed by atoms with Gasteiger partial charge in [0.15, 0.2) is 0 Å². The van der Waals surface area contributed by atoms with Gasteiger partial charge in [-0.1, -0.05) is 0 Å². The molecular formula is C12H17NO6S. The first-order valence-electron chi connectivity index (χ1n) is 6.43. The van der Waals surface area contributed by atoms with Gasteiger partial charge in [0.25, 0.3) is 10.0 Å². The number of rotatable bonds is 6. The van der Waals surface area contributed by atoms with Gasteiger partial charge in [0, 0.05) is 13.2 Å². The molecule has 1 aliphatic heterocycles. The Morgan fingerprint density at radius 1 is 1.40 bits per heavy atom. The number of aromatic carboxylic acids is 1. The minimum atomic E-state index is -3.81. The van der Waals surface area contributed by atoms with Crippen LogP contribution in [0.25, 0.3) is 0 Å². The van der Waals surface area contributed by atoms with Crippen molar-refractivity contribution in [3.8, 4) is 0 Å². The van der Waals surface area contributed by atoms with Crippen LogP contribution in [-0.2, 0) is 14.8 Å². The number of carboxylic acids is 1. The lowest BCUT2D eigenvalue weighted by molar-refractivity contribution is 0.0123. The fourth-order valence-electron chi connectivity index (χ4n) is 2.04. The second-order valence-corrected chi connectivity index (χ2v) is 6.30. The second kappa shape index (κ2) is 6.38. The molecule has 1 unspecified atom stereocenters. The molecule has 2 rings (SSSR count). The summed E-state index contributed by atoms with van der Waals surface area (Å²) in [5.41, 5.74) is 0. The van der Waals surface area contributed by atoms with Crippen LogP contribution in [0.4, 0.5) is 0 Å². The normalized spacial score (nSPS) is 19.9. The van der Waals surface area contributed by atoms with Crippen molar-refractivity contribution in [3.05, 3.63) is 17.9 Å². The van der Waals surface area contributed by atoms with Crippen LogP contribution < -0.4 is 4.72 Å². The summed E-state index contributed by atoms with van der Waals surface area (Å²) in [7, 11) is -3.81. The van der Waals surface area contributed by atoms with E-state index in [9.17, 15) is 13.2 Å². The van der Waals surface area contributed by atoms with Gasteiger partial charge in [0.05, 0.1) is 6.10 Å². The molecular weight excluding hydrogens is 286 g/mol. The van der Waals surface area contributed by atoms with Gasteiger partial charge in [-0.3, -0.25) is 0 Å². The summed E-state index contributed by atoms with van der Waals surface area (Å²) in [6.45, 7) is 0.952. The summed E-state index contributed by atoms with van der Waals surface area (Å²) >= 11 is 0. The Bertz CT molecular complexity index is 558. The molecule has 8 heteroatoms. The van der Waals surface area contributed by atoms with Gasteiger partial charge in [-0.15, -0.1) is 0 Å². The summed E-state index contributed by atoms with van der Waals surface area (Å²) in [6, 6.07) is 2.24. The smallest absolute Gasteiger partial charge is 0.371 e. The number of sulfonamides is 1. The zero-order valence-electron chi connectivity index (χ0n) is 10.9. The van der Waals surface area contributed by atoms with Gasteiger partial charge < -0.3 is 14.3 Å².